The number of carbonyl (C=O) groups is 3. The fraction of sp³-hybridized carbons (Fsp3) is 0.769. The van der Waals surface area contributed by atoms with E-state index >= 15 is 0 Å². The minimum absolute atomic E-state index is 0.119. The molecule has 0 atom stereocenters. The van der Waals surface area contributed by atoms with Gasteiger partial charge in [0.15, 0.2) is 0 Å². The van der Waals surface area contributed by atoms with E-state index < -0.39 is 18.0 Å². The van der Waals surface area contributed by atoms with Gasteiger partial charge in [-0.2, -0.15) is 0 Å². The molecule has 108 valence electrons. The summed E-state index contributed by atoms with van der Waals surface area (Å²) in [4.78, 5) is 35.3. The van der Waals surface area contributed by atoms with E-state index in [1.807, 2.05) is 0 Å². The molecule has 6 heteroatoms. The van der Waals surface area contributed by atoms with Crippen molar-refractivity contribution < 1.29 is 23.9 Å². The number of esters is 2. The van der Waals surface area contributed by atoms with Gasteiger partial charge in [0.1, 0.15) is 0 Å². The Bertz CT molecular complexity index is 318. The lowest BCUT2D eigenvalue weighted by molar-refractivity contribution is -0.160. The lowest BCUT2D eigenvalue weighted by Crippen LogP contribution is -2.49. The molecule has 1 amide bonds. The normalized spacial score (nSPS) is 15.3. The smallest absolute Gasteiger partial charge is 0.340 e. The Balaban J connectivity index is 2.64. The molecule has 1 fully saturated rings. The van der Waals surface area contributed by atoms with E-state index in [1.54, 1.807) is 13.8 Å². The fourth-order valence-corrected chi connectivity index (χ4v) is 2.11. The van der Waals surface area contributed by atoms with Gasteiger partial charge < -0.3 is 14.8 Å². The Labute approximate surface area is 112 Å². The van der Waals surface area contributed by atoms with Gasteiger partial charge in [0.25, 0.3) is 0 Å². The van der Waals surface area contributed by atoms with Crippen LogP contribution in [0.5, 0.6) is 0 Å². The van der Waals surface area contributed by atoms with Crippen LogP contribution in [0.4, 0.5) is 0 Å². The quantitative estimate of drug-likeness (QED) is 0.570. The highest BCUT2D eigenvalue weighted by molar-refractivity contribution is 6.02. The molecule has 1 saturated carbocycles. The topological polar surface area (TPSA) is 81.7 Å². The van der Waals surface area contributed by atoms with Crippen LogP contribution in [-0.2, 0) is 23.9 Å². The summed E-state index contributed by atoms with van der Waals surface area (Å²) >= 11 is 0. The molecule has 1 aliphatic carbocycles. The largest absolute Gasteiger partial charge is 0.464 e. The third kappa shape index (κ3) is 4.54. The summed E-state index contributed by atoms with van der Waals surface area (Å²) in [6.07, 6.45) is 3.59. The van der Waals surface area contributed by atoms with E-state index in [2.05, 4.69) is 5.32 Å². The van der Waals surface area contributed by atoms with Gasteiger partial charge in [-0.15, -0.1) is 0 Å². The van der Waals surface area contributed by atoms with Crippen LogP contribution in [-0.4, -0.2) is 37.1 Å². The minimum atomic E-state index is -1.35. The van der Waals surface area contributed by atoms with Crippen LogP contribution in [0, 0.1) is 5.92 Å². The minimum Gasteiger partial charge on any atom is -0.464 e. The second kappa shape index (κ2) is 7.76. The van der Waals surface area contributed by atoms with Crippen LogP contribution >= 0.6 is 0 Å². The molecule has 0 aliphatic heterocycles. The van der Waals surface area contributed by atoms with Crippen LogP contribution in [0.3, 0.4) is 0 Å². The number of ether oxygens (including phenoxy) is 2. The van der Waals surface area contributed by atoms with Gasteiger partial charge in [0.05, 0.1) is 13.2 Å². The molecule has 0 aromatic carbocycles. The first kappa shape index (κ1) is 15.5. The molecule has 0 radical (unpaired) electrons. The summed E-state index contributed by atoms with van der Waals surface area (Å²) in [7, 11) is 0. The van der Waals surface area contributed by atoms with Gasteiger partial charge in [0, 0.05) is 5.92 Å². The maximum atomic E-state index is 11.9. The SMILES string of the molecule is CCOC(=O)C(NC(=O)C1CCCC1)C(=O)OCC. The standard InChI is InChI=1S/C13H21NO5/c1-3-18-12(16)10(13(17)19-4-2)14-11(15)9-7-5-6-8-9/h9-10H,3-8H2,1-2H3,(H,14,15). The van der Waals surface area contributed by atoms with E-state index in [-0.39, 0.29) is 25.0 Å². The highest BCUT2D eigenvalue weighted by atomic mass is 16.6. The zero-order valence-electron chi connectivity index (χ0n) is 11.4. The number of hydrogen-bond donors (Lipinski definition) is 1. The summed E-state index contributed by atoms with van der Waals surface area (Å²) in [6.45, 7) is 3.57. The number of carbonyl (C=O) groups excluding carboxylic acids is 3. The van der Waals surface area contributed by atoms with Crippen molar-refractivity contribution >= 4 is 17.8 Å². The van der Waals surface area contributed by atoms with Gasteiger partial charge in [-0.1, -0.05) is 12.8 Å². The summed E-state index contributed by atoms with van der Waals surface area (Å²) < 4.78 is 9.56. The van der Waals surface area contributed by atoms with Crippen LogP contribution in [0.15, 0.2) is 0 Å². The van der Waals surface area contributed by atoms with Crippen molar-refractivity contribution in [3.05, 3.63) is 0 Å². The summed E-state index contributed by atoms with van der Waals surface area (Å²) in [5.74, 6) is -1.94. The van der Waals surface area contributed by atoms with Crippen LogP contribution in [0.2, 0.25) is 0 Å². The predicted molar refractivity (Wildman–Crippen MR) is 67.2 cm³/mol. The molecule has 0 saturated heterocycles. The maximum absolute atomic E-state index is 11.9. The first-order chi connectivity index (χ1) is 9.10. The highest BCUT2D eigenvalue weighted by Gasteiger charge is 2.34. The van der Waals surface area contributed by atoms with Gasteiger partial charge in [-0.05, 0) is 26.7 Å². The van der Waals surface area contributed by atoms with Crippen molar-refractivity contribution in [3.63, 3.8) is 0 Å². The summed E-state index contributed by atoms with van der Waals surface area (Å²) in [5, 5.41) is 2.44. The van der Waals surface area contributed by atoms with Crippen molar-refractivity contribution in [2.75, 3.05) is 13.2 Å². The molecule has 0 aromatic heterocycles. The highest BCUT2D eigenvalue weighted by Crippen LogP contribution is 2.24. The molecule has 1 N–H and O–H groups in total. The second-order valence-corrected chi connectivity index (χ2v) is 4.43. The monoisotopic (exact) mass is 271 g/mol. The predicted octanol–water partition coefficient (Wildman–Crippen LogP) is 0.788. The Morgan fingerprint density at radius 1 is 1.05 bits per heavy atom. The van der Waals surface area contributed by atoms with Crippen molar-refractivity contribution in [3.8, 4) is 0 Å². The Morgan fingerprint density at radius 2 is 1.53 bits per heavy atom. The Morgan fingerprint density at radius 3 is 1.95 bits per heavy atom. The number of amides is 1. The van der Waals surface area contributed by atoms with E-state index in [0.29, 0.717) is 0 Å². The summed E-state index contributed by atoms with van der Waals surface area (Å²) in [6, 6.07) is -1.35. The number of hydrogen-bond acceptors (Lipinski definition) is 5. The van der Waals surface area contributed by atoms with E-state index in [1.165, 1.54) is 0 Å². The third-order valence-electron chi connectivity index (χ3n) is 3.06. The first-order valence-corrected chi connectivity index (χ1v) is 6.73. The molecule has 0 bridgehead atoms. The van der Waals surface area contributed by atoms with Crippen LogP contribution in [0.25, 0.3) is 0 Å². The Hall–Kier alpha value is -1.59. The van der Waals surface area contributed by atoms with E-state index in [9.17, 15) is 14.4 Å². The van der Waals surface area contributed by atoms with Gasteiger partial charge >= 0.3 is 11.9 Å². The molecular formula is C13H21NO5. The lowest BCUT2D eigenvalue weighted by Gasteiger charge is -2.18. The molecule has 1 aliphatic rings. The van der Waals surface area contributed by atoms with Crippen LogP contribution in [0.1, 0.15) is 39.5 Å². The van der Waals surface area contributed by atoms with Crippen molar-refractivity contribution in [1.82, 2.24) is 5.32 Å². The Kier molecular flexibility index (Phi) is 6.32. The first-order valence-electron chi connectivity index (χ1n) is 6.73. The van der Waals surface area contributed by atoms with Crippen molar-refractivity contribution in [1.29, 1.82) is 0 Å². The molecule has 0 aromatic rings. The van der Waals surface area contributed by atoms with E-state index in [4.69, 9.17) is 9.47 Å². The zero-order chi connectivity index (χ0) is 14.3. The molecule has 19 heavy (non-hydrogen) atoms. The lowest BCUT2D eigenvalue weighted by atomic mass is 10.1. The molecule has 0 heterocycles. The number of nitrogens with one attached hydrogen (secondary N) is 1. The summed E-state index contributed by atoms with van der Waals surface area (Å²) in [5.41, 5.74) is 0. The van der Waals surface area contributed by atoms with Crippen molar-refractivity contribution in [2.45, 2.75) is 45.6 Å². The number of rotatable bonds is 6. The molecule has 6 nitrogen and oxygen atoms in total. The average Bonchev–Trinajstić information content (AvgIpc) is 2.90. The fourth-order valence-electron chi connectivity index (χ4n) is 2.11. The van der Waals surface area contributed by atoms with E-state index in [0.717, 1.165) is 25.7 Å². The second-order valence-electron chi connectivity index (χ2n) is 4.43. The molecule has 1 rings (SSSR count). The van der Waals surface area contributed by atoms with Gasteiger partial charge in [-0.25, -0.2) is 9.59 Å². The van der Waals surface area contributed by atoms with Crippen LogP contribution < -0.4 is 5.32 Å². The molecule has 0 spiro atoms. The zero-order valence-corrected chi connectivity index (χ0v) is 11.4. The average molecular weight is 271 g/mol. The maximum Gasteiger partial charge on any atom is 0.340 e. The van der Waals surface area contributed by atoms with Gasteiger partial charge in [0.2, 0.25) is 11.9 Å². The van der Waals surface area contributed by atoms with Crippen molar-refractivity contribution in [2.24, 2.45) is 5.92 Å². The van der Waals surface area contributed by atoms with Gasteiger partial charge in [-0.3, -0.25) is 4.79 Å². The molecule has 0 unspecified atom stereocenters. The molecular weight excluding hydrogens is 250 g/mol. The third-order valence-corrected chi connectivity index (χ3v) is 3.06.